The lowest BCUT2D eigenvalue weighted by atomic mass is 10.2. The summed E-state index contributed by atoms with van der Waals surface area (Å²) in [5.74, 6) is 0.314. The molecule has 2 rings (SSSR count). The van der Waals surface area contributed by atoms with Crippen molar-refractivity contribution in [1.29, 1.82) is 0 Å². The van der Waals surface area contributed by atoms with Crippen LogP contribution in [-0.4, -0.2) is 19.1 Å². The van der Waals surface area contributed by atoms with Gasteiger partial charge < -0.3 is 15.4 Å². The average molecular weight is 351 g/mol. The molecule has 0 aromatic heterocycles. The summed E-state index contributed by atoms with van der Waals surface area (Å²) < 4.78 is 18.8. The van der Waals surface area contributed by atoms with Crippen LogP contribution in [0.3, 0.4) is 0 Å². The van der Waals surface area contributed by atoms with E-state index in [0.717, 1.165) is 5.69 Å². The highest BCUT2D eigenvalue weighted by molar-refractivity contribution is 6.31. The number of benzene rings is 2. The van der Waals surface area contributed by atoms with Crippen LogP contribution in [0.5, 0.6) is 5.75 Å². The third-order valence-corrected chi connectivity index (χ3v) is 3.39. The van der Waals surface area contributed by atoms with Gasteiger partial charge in [0.15, 0.2) is 0 Å². The van der Waals surface area contributed by atoms with E-state index in [-0.39, 0.29) is 17.5 Å². The molecule has 2 N–H and O–H groups in total. The molecule has 2 aromatic rings. The van der Waals surface area contributed by atoms with Crippen LogP contribution in [0.2, 0.25) is 5.02 Å². The first-order valence-electron chi connectivity index (χ1n) is 7.66. The van der Waals surface area contributed by atoms with Gasteiger partial charge in [-0.1, -0.05) is 37.6 Å². The Balaban J connectivity index is 1.92. The molecule has 24 heavy (non-hydrogen) atoms. The molecule has 128 valence electrons. The third kappa shape index (κ3) is 5.42. The second-order valence-electron chi connectivity index (χ2n) is 5.73. The number of carbonyl (C=O) groups is 1. The van der Waals surface area contributed by atoms with Gasteiger partial charge in [-0.05, 0) is 36.2 Å². The van der Waals surface area contributed by atoms with Crippen LogP contribution in [0.1, 0.15) is 13.8 Å². The van der Waals surface area contributed by atoms with E-state index in [1.807, 2.05) is 24.3 Å². The van der Waals surface area contributed by atoms with E-state index in [1.54, 1.807) is 0 Å². The first-order valence-corrected chi connectivity index (χ1v) is 8.04. The van der Waals surface area contributed by atoms with E-state index >= 15 is 0 Å². The zero-order valence-electron chi connectivity index (χ0n) is 13.6. The summed E-state index contributed by atoms with van der Waals surface area (Å²) in [7, 11) is 0. The van der Waals surface area contributed by atoms with Crippen molar-refractivity contribution < 1.29 is 13.9 Å². The minimum Gasteiger partial charge on any atom is -0.491 e. The molecule has 0 fully saturated rings. The highest BCUT2D eigenvalue weighted by Crippen LogP contribution is 2.24. The number of rotatable bonds is 7. The number of para-hydroxylation sites is 2. The van der Waals surface area contributed by atoms with Gasteiger partial charge in [-0.3, -0.25) is 4.79 Å². The van der Waals surface area contributed by atoms with Crippen molar-refractivity contribution in [3.05, 3.63) is 53.3 Å². The first-order chi connectivity index (χ1) is 11.5. The van der Waals surface area contributed by atoms with Crippen molar-refractivity contribution in [3.63, 3.8) is 0 Å². The van der Waals surface area contributed by atoms with Gasteiger partial charge in [0.2, 0.25) is 5.91 Å². The molecular weight excluding hydrogens is 331 g/mol. The zero-order valence-corrected chi connectivity index (χ0v) is 14.4. The van der Waals surface area contributed by atoms with E-state index < -0.39 is 5.82 Å². The van der Waals surface area contributed by atoms with Crippen LogP contribution in [-0.2, 0) is 4.79 Å². The fourth-order valence-electron chi connectivity index (χ4n) is 1.95. The molecule has 0 heterocycles. The summed E-state index contributed by atoms with van der Waals surface area (Å²) in [6, 6.07) is 11.5. The van der Waals surface area contributed by atoms with E-state index in [2.05, 4.69) is 24.5 Å². The second kappa shape index (κ2) is 8.55. The van der Waals surface area contributed by atoms with E-state index in [0.29, 0.717) is 24.0 Å². The van der Waals surface area contributed by atoms with Crippen LogP contribution in [0, 0.1) is 11.7 Å². The fraction of sp³-hybridized carbons (Fsp3) is 0.278. The topological polar surface area (TPSA) is 50.4 Å². The van der Waals surface area contributed by atoms with Crippen LogP contribution in [0.25, 0.3) is 0 Å². The van der Waals surface area contributed by atoms with Crippen molar-refractivity contribution in [2.45, 2.75) is 13.8 Å². The Morgan fingerprint density at radius 3 is 2.71 bits per heavy atom. The van der Waals surface area contributed by atoms with Gasteiger partial charge in [0.05, 0.1) is 23.9 Å². The lowest BCUT2D eigenvalue weighted by Crippen LogP contribution is -2.22. The molecule has 0 bridgehead atoms. The summed E-state index contributed by atoms with van der Waals surface area (Å²) in [4.78, 5) is 12.0. The molecule has 6 heteroatoms. The monoisotopic (exact) mass is 350 g/mol. The quantitative estimate of drug-likeness (QED) is 0.769. The Morgan fingerprint density at radius 1 is 1.25 bits per heavy atom. The Hall–Kier alpha value is -2.27. The van der Waals surface area contributed by atoms with Crippen LogP contribution in [0.15, 0.2) is 42.5 Å². The van der Waals surface area contributed by atoms with Gasteiger partial charge in [0.25, 0.3) is 0 Å². The summed E-state index contributed by atoms with van der Waals surface area (Å²) in [5.41, 5.74) is 1.18. The molecule has 0 saturated heterocycles. The highest BCUT2D eigenvalue weighted by Gasteiger charge is 2.08. The van der Waals surface area contributed by atoms with E-state index in [4.69, 9.17) is 16.3 Å². The Bertz CT molecular complexity index is 707. The largest absolute Gasteiger partial charge is 0.491 e. The Kier molecular flexibility index (Phi) is 6.44. The van der Waals surface area contributed by atoms with Crippen molar-refractivity contribution in [3.8, 4) is 5.75 Å². The van der Waals surface area contributed by atoms with Gasteiger partial charge in [-0.2, -0.15) is 0 Å². The molecule has 0 aliphatic rings. The summed E-state index contributed by atoms with van der Waals surface area (Å²) >= 11 is 5.69. The molecule has 0 atom stereocenters. The number of anilines is 2. The summed E-state index contributed by atoms with van der Waals surface area (Å²) in [6.45, 7) is 4.78. The molecule has 0 unspecified atom stereocenters. The summed E-state index contributed by atoms with van der Waals surface area (Å²) in [6.07, 6.45) is 0. The van der Waals surface area contributed by atoms with Crippen LogP contribution < -0.4 is 15.4 Å². The maximum Gasteiger partial charge on any atom is 0.243 e. The van der Waals surface area contributed by atoms with Gasteiger partial charge >= 0.3 is 0 Å². The lowest BCUT2D eigenvalue weighted by molar-refractivity contribution is -0.114. The molecule has 0 spiro atoms. The standard InChI is InChI=1S/C18H20ClFN2O2/c1-12(2)11-24-17-6-4-3-5-16(17)21-10-18(23)22-13-7-8-15(20)14(19)9-13/h3-9,12,21H,10-11H2,1-2H3,(H,22,23). The minimum absolute atomic E-state index is 0.0341. The molecule has 0 radical (unpaired) electrons. The number of hydrogen-bond acceptors (Lipinski definition) is 3. The molecular formula is C18H20ClFN2O2. The average Bonchev–Trinajstić information content (AvgIpc) is 2.55. The van der Waals surface area contributed by atoms with E-state index in [9.17, 15) is 9.18 Å². The fourth-order valence-corrected chi connectivity index (χ4v) is 2.13. The molecule has 4 nitrogen and oxygen atoms in total. The Labute approximate surface area is 146 Å². The van der Waals surface area contributed by atoms with Crippen molar-refractivity contribution >= 4 is 28.9 Å². The molecule has 2 aromatic carbocycles. The predicted octanol–water partition coefficient (Wildman–Crippen LogP) is 4.56. The number of halogens is 2. The SMILES string of the molecule is CC(C)COc1ccccc1NCC(=O)Nc1ccc(F)c(Cl)c1. The smallest absolute Gasteiger partial charge is 0.243 e. The predicted molar refractivity (Wildman–Crippen MR) is 95.3 cm³/mol. The maximum atomic E-state index is 13.1. The van der Waals surface area contributed by atoms with E-state index in [1.165, 1.54) is 18.2 Å². The van der Waals surface area contributed by atoms with Gasteiger partial charge in [-0.25, -0.2) is 4.39 Å². The van der Waals surface area contributed by atoms with Crippen LogP contribution in [0.4, 0.5) is 15.8 Å². The lowest BCUT2D eigenvalue weighted by Gasteiger charge is -2.14. The van der Waals surface area contributed by atoms with Gasteiger partial charge in [-0.15, -0.1) is 0 Å². The number of carbonyl (C=O) groups excluding carboxylic acids is 1. The van der Waals surface area contributed by atoms with Gasteiger partial charge in [0, 0.05) is 5.69 Å². The molecule has 0 aliphatic carbocycles. The van der Waals surface area contributed by atoms with Crippen molar-refractivity contribution in [2.24, 2.45) is 5.92 Å². The number of nitrogens with one attached hydrogen (secondary N) is 2. The number of hydrogen-bond donors (Lipinski definition) is 2. The normalized spacial score (nSPS) is 10.5. The summed E-state index contributed by atoms with van der Waals surface area (Å²) in [5, 5.41) is 5.66. The maximum absolute atomic E-state index is 13.1. The number of amides is 1. The van der Waals surface area contributed by atoms with Crippen molar-refractivity contribution in [2.75, 3.05) is 23.8 Å². The first kappa shape index (κ1) is 18.1. The molecule has 1 amide bonds. The molecule has 0 saturated carbocycles. The second-order valence-corrected chi connectivity index (χ2v) is 6.14. The molecule has 0 aliphatic heterocycles. The van der Waals surface area contributed by atoms with Crippen molar-refractivity contribution in [1.82, 2.24) is 0 Å². The highest BCUT2D eigenvalue weighted by atomic mass is 35.5. The van der Waals surface area contributed by atoms with Gasteiger partial charge in [0.1, 0.15) is 11.6 Å². The third-order valence-electron chi connectivity index (χ3n) is 3.10. The minimum atomic E-state index is -0.524. The Morgan fingerprint density at radius 2 is 2.00 bits per heavy atom. The zero-order chi connectivity index (χ0) is 17.5. The number of ether oxygens (including phenoxy) is 1. The van der Waals surface area contributed by atoms with Crippen LogP contribution >= 0.6 is 11.6 Å².